The Morgan fingerprint density at radius 2 is 1.45 bits per heavy atom. The zero-order chi connectivity index (χ0) is 21.7. The fourth-order valence-electron chi connectivity index (χ4n) is 3.21. The maximum absolute atomic E-state index is 12.8. The molecule has 0 N–H and O–H groups in total. The second kappa shape index (κ2) is 9.09. The van der Waals surface area contributed by atoms with Crippen LogP contribution in [-0.2, 0) is 42.9 Å². The summed E-state index contributed by atoms with van der Waals surface area (Å²) in [5.74, 6) is -5.46. The van der Waals surface area contributed by atoms with Gasteiger partial charge in [0.1, 0.15) is 17.5 Å². The van der Waals surface area contributed by atoms with E-state index in [0.717, 1.165) is 28.4 Å². The van der Waals surface area contributed by atoms with E-state index < -0.39 is 41.4 Å². The van der Waals surface area contributed by atoms with Crippen molar-refractivity contribution in [3.8, 4) is 0 Å². The third kappa shape index (κ3) is 3.73. The van der Waals surface area contributed by atoms with E-state index in [0.29, 0.717) is 0 Å². The van der Waals surface area contributed by atoms with E-state index in [9.17, 15) is 19.2 Å². The monoisotopic (exact) mass is 407 g/mol. The molecular weight excluding hydrogens is 386 g/mol. The number of hydrogen-bond acceptors (Lipinski definition) is 10. The van der Waals surface area contributed by atoms with Crippen LogP contribution in [0.1, 0.15) is 0 Å². The van der Waals surface area contributed by atoms with Gasteiger partial charge in [0.05, 0.1) is 46.8 Å². The highest BCUT2D eigenvalue weighted by Gasteiger charge is 2.50. The second-order valence-corrected chi connectivity index (χ2v) is 5.77. The van der Waals surface area contributed by atoms with Crippen LogP contribution in [0.5, 0.6) is 0 Å². The van der Waals surface area contributed by atoms with Gasteiger partial charge in [-0.2, -0.15) is 0 Å². The molecule has 0 bridgehead atoms. The van der Waals surface area contributed by atoms with Crippen LogP contribution < -0.4 is 0 Å². The molecule has 2 aliphatic heterocycles. The predicted molar refractivity (Wildman–Crippen MR) is 96.5 cm³/mol. The molecule has 10 nitrogen and oxygen atoms in total. The van der Waals surface area contributed by atoms with Crippen LogP contribution in [0.2, 0.25) is 0 Å². The number of ether oxygens (including phenoxy) is 5. The zero-order valence-corrected chi connectivity index (χ0v) is 16.6. The molecule has 2 heterocycles. The van der Waals surface area contributed by atoms with Gasteiger partial charge >= 0.3 is 23.9 Å². The Kier molecular flexibility index (Phi) is 6.81. The quantitative estimate of drug-likeness (QED) is 0.462. The number of esters is 4. The van der Waals surface area contributed by atoms with Crippen molar-refractivity contribution in [3.05, 3.63) is 47.0 Å². The first-order valence-corrected chi connectivity index (χ1v) is 8.36. The number of allylic oxidation sites excluding steroid dienone is 3. The van der Waals surface area contributed by atoms with Crippen molar-refractivity contribution in [1.82, 2.24) is 4.90 Å². The average molecular weight is 407 g/mol. The van der Waals surface area contributed by atoms with Gasteiger partial charge in [-0.3, -0.25) is 4.79 Å². The lowest BCUT2D eigenvalue weighted by molar-refractivity contribution is -0.157. The Morgan fingerprint density at radius 3 is 1.97 bits per heavy atom. The molecule has 10 heteroatoms. The van der Waals surface area contributed by atoms with Crippen molar-refractivity contribution in [2.45, 2.75) is 6.04 Å². The molecule has 0 saturated carbocycles. The summed E-state index contributed by atoms with van der Waals surface area (Å²) >= 11 is 0. The van der Waals surface area contributed by atoms with Crippen LogP contribution in [0.4, 0.5) is 0 Å². The summed E-state index contributed by atoms with van der Waals surface area (Å²) < 4.78 is 24.7. The van der Waals surface area contributed by atoms with Gasteiger partial charge in [-0.1, -0.05) is 6.08 Å². The van der Waals surface area contributed by atoms with E-state index in [1.54, 1.807) is 18.2 Å². The van der Waals surface area contributed by atoms with Crippen LogP contribution in [-0.4, -0.2) is 70.4 Å². The molecule has 0 saturated heterocycles. The summed E-state index contributed by atoms with van der Waals surface area (Å²) in [7, 11) is 5.67. The Morgan fingerprint density at radius 1 is 0.828 bits per heavy atom. The molecule has 156 valence electrons. The first-order valence-electron chi connectivity index (χ1n) is 8.36. The molecule has 29 heavy (non-hydrogen) atoms. The van der Waals surface area contributed by atoms with E-state index in [-0.39, 0.29) is 17.0 Å². The first kappa shape index (κ1) is 21.7. The summed E-state index contributed by atoms with van der Waals surface area (Å²) in [6, 6.07) is -1.38. The van der Waals surface area contributed by atoms with Gasteiger partial charge in [-0.05, 0) is 12.2 Å². The minimum Gasteiger partial charge on any atom is -0.494 e. The van der Waals surface area contributed by atoms with E-state index in [1.165, 1.54) is 18.2 Å². The van der Waals surface area contributed by atoms with E-state index in [1.807, 2.05) is 0 Å². The van der Waals surface area contributed by atoms with Gasteiger partial charge in [0.25, 0.3) is 0 Å². The third-order valence-electron chi connectivity index (χ3n) is 4.44. The summed E-state index contributed by atoms with van der Waals surface area (Å²) in [5, 5.41) is 0. The minimum absolute atomic E-state index is 0.0850. The van der Waals surface area contributed by atoms with E-state index in [2.05, 4.69) is 0 Å². The third-order valence-corrected chi connectivity index (χ3v) is 4.44. The van der Waals surface area contributed by atoms with Gasteiger partial charge in [0.2, 0.25) is 0 Å². The summed E-state index contributed by atoms with van der Waals surface area (Å²) in [4.78, 5) is 52.2. The van der Waals surface area contributed by atoms with Crippen molar-refractivity contribution in [2.75, 3.05) is 35.5 Å². The molecule has 0 fully saturated rings. The van der Waals surface area contributed by atoms with Crippen LogP contribution in [0, 0.1) is 5.92 Å². The maximum Gasteiger partial charge on any atom is 0.342 e. The highest BCUT2D eigenvalue weighted by molar-refractivity contribution is 6.08. The second-order valence-electron chi connectivity index (χ2n) is 5.77. The lowest BCUT2D eigenvalue weighted by Gasteiger charge is -2.33. The Balaban J connectivity index is 3.02. The van der Waals surface area contributed by atoms with Crippen LogP contribution in [0.25, 0.3) is 0 Å². The highest BCUT2D eigenvalue weighted by Crippen LogP contribution is 2.39. The normalized spacial score (nSPS) is 20.5. The van der Waals surface area contributed by atoms with Gasteiger partial charge in [0, 0.05) is 6.20 Å². The van der Waals surface area contributed by atoms with E-state index in [4.69, 9.17) is 23.7 Å². The molecule has 0 aromatic rings. The smallest absolute Gasteiger partial charge is 0.342 e. The number of rotatable bonds is 5. The molecule has 0 aromatic carbocycles. The lowest BCUT2D eigenvalue weighted by atomic mass is 9.87. The molecule has 2 rings (SSSR count). The number of fused-ring (bicyclic) bond motifs is 1. The number of carbonyl (C=O) groups is 4. The number of carbonyl (C=O) groups excluding carboxylic acids is 4. The number of hydrogen-bond donors (Lipinski definition) is 0. The van der Waals surface area contributed by atoms with Crippen molar-refractivity contribution in [3.63, 3.8) is 0 Å². The molecule has 0 amide bonds. The van der Waals surface area contributed by atoms with Crippen molar-refractivity contribution >= 4 is 23.9 Å². The largest absolute Gasteiger partial charge is 0.494 e. The Hall–Kier alpha value is -3.56. The standard InChI is InChI=1S/C19H21NO9/c1-25-15-10-8-6-7-9-20(10)14(19(24)29-5)12(17(22)27-3)11(16(21)26-2)13(15)18(23)28-4/h6-9,12,14H,1-5H3. The van der Waals surface area contributed by atoms with Crippen molar-refractivity contribution in [2.24, 2.45) is 5.92 Å². The van der Waals surface area contributed by atoms with Gasteiger partial charge in [-0.15, -0.1) is 0 Å². The SMILES string of the molecule is COC(=O)C1=C(C(=O)OC)C(C(=O)OC)C(C(=O)OC)N2C=CC=CC2=C1OC. The molecule has 2 aliphatic rings. The zero-order valence-electron chi connectivity index (χ0n) is 16.6. The summed E-state index contributed by atoms with van der Waals surface area (Å²) in [6.07, 6.45) is 6.26. The number of nitrogens with zero attached hydrogens (tertiary/aromatic N) is 1. The van der Waals surface area contributed by atoms with Crippen LogP contribution in [0.15, 0.2) is 47.0 Å². The summed E-state index contributed by atoms with van der Waals surface area (Å²) in [6.45, 7) is 0. The lowest BCUT2D eigenvalue weighted by Crippen LogP contribution is -2.48. The maximum atomic E-state index is 12.8. The molecular formula is C19H21NO9. The van der Waals surface area contributed by atoms with Gasteiger partial charge < -0.3 is 28.6 Å². The number of methoxy groups -OCH3 is 5. The van der Waals surface area contributed by atoms with Crippen molar-refractivity contribution < 1.29 is 42.9 Å². The van der Waals surface area contributed by atoms with Gasteiger partial charge in [0.15, 0.2) is 5.76 Å². The Bertz CT molecular complexity index is 850. The molecule has 2 unspecified atom stereocenters. The predicted octanol–water partition coefficient (Wildman–Crippen LogP) is 0.217. The fraction of sp³-hybridized carbons (Fsp3) is 0.368. The topological polar surface area (TPSA) is 118 Å². The van der Waals surface area contributed by atoms with Gasteiger partial charge in [-0.25, -0.2) is 14.4 Å². The molecule has 0 spiro atoms. The van der Waals surface area contributed by atoms with Crippen LogP contribution >= 0.6 is 0 Å². The molecule has 0 aromatic heterocycles. The van der Waals surface area contributed by atoms with E-state index >= 15 is 0 Å². The molecule has 2 atom stereocenters. The summed E-state index contributed by atoms with van der Waals surface area (Å²) in [5.41, 5.74) is -0.565. The average Bonchev–Trinajstić information content (AvgIpc) is 2.89. The van der Waals surface area contributed by atoms with Crippen LogP contribution in [0.3, 0.4) is 0 Å². The fourth-order valence-corrected chi connectivity index (χ4v) is 3.21. The molecule has 0 radical (unpaired) electrons. The Labute approximate surface area is 167 Å². The minimum atomic E-state index is -1.58. The first-order chi connectivity index (χ1) is 13.9. The molecule has 0 aliphatic carbocycles. The van der Waals surface area contributed by atoms with Crippen molar-refractivity contribution in [1.29, 1.82) is 0 Å². The highest BCUT2D eigenvalue weighted by atomic mass is 16.5.